The van der Waals surface area contributed by atoms with E-state index >= 15 is 0 Å². The Hall–Kier alpha value is -0.110. The second kappa shape index (κ2) is 10.9. The molecule has 0 unspecified atom stereocenters. The van der Waals surface area contributed by atoms with Gasteiger partial charge in [0, 0.05) is 0 Å². The summed E-state index contributed by atoms with van der Waals surface area (Å²) >= 11 is 0. The third kappa shape index (κ3) is 9.89. The number of unbranched alkanes of at least 4 members (excludes halogenated alkanes) is 7. The van der Waals surface area contributed by atoms with Crippen molar-refractivity contribution in [1.29, 1.82) is 0 Å². The predicted octanol–water partition coefficient (Wildman–Crippen LogP) is 3.04. The third-order valence-electron chi connectivity index (χ3n) is 2.09. The highest BCUT2D eigenvalue weighted by Crippen LogP contribution is 2.07. The Morgan fingerprint density at radius 2 is 1.08 bits per heavy atom. The third-order valence-corrected chi connectivity index (χ3v) is 2.09. The zero-order valence-corrected chi connectivity index (χ0v) is 8.03. The van der Waals surface area contributed by atoms with E-state index in [4.69, 9.17) is 5.73 Å². The van der Waals surface area contributed by atoms with E-state index in [1.807, 2.05) is 0 Å². The van der Waals surface area contributed by atoms with Crippen LogP contribution in [0.15, 0.2) is 0 Å². The summed E-state index contributed by atoms with van der Waals surface area (Å²) in [5.41, 5.74) is 5.37. The van der Waals surface area contributed by atoms with E-state index in [9.17, 15) is 4.39 Å². The Morgan fingerprint density at radius 1 is 0.667 bits per heavy atom. The van der Waals surface area contributed by atoms with Gasteiger partial charge in [-0.1, -0.05) is 38.5 Å². The highest BCUT2D eigenvalue weighted by molar-refractivity contribution is 4.46. The van der Waals surface area contributed by atoms with E-state index in [0.717, 1.165) is 25.8 Å². The van der Waals surface area contributed by atoms with Gasteiger partial charge in [0.05, 0.1) is 6.67 Å². The number of hydrogen-bond donors (Lipinski definition) is 1. The van der Waals surface area contributed by atoms with Crippen LogP contribution in [-0.4, -0.2) is 13.2 Å². The maximum Gasteiger partial charge on any atom is 0.0894 e. The monoisotopic (exact) mass is 175 g/mol. The molecule has 0 aliphatic carbocycles. The van der Waals surface area contributed by atoms with Crippen molar-refractivity contribution in [2.45, 2.75) is 51.4 Å². The fourth-order valence-corrected chi connectivity index (χ4v) is 1.30. The first-order chi connectivity index (χ1) is 5.91. The van der Waals surface area contributed by atoms with Gasteiger partial charge in [0.15, 0.2) is 0 Å². The van der Waals surface area contributed by atoms with Crippen LogP contribution in [0.2, 0.25) is 0 Å². The summed E-state index contributed by atoms with van der Waals surface area (Å²) in [4.78, 5) is 0. The molecule has 0 amide bonds. The lowest BCUT2D eigenvalue weighted by Crippen LogP contribution is -1.97. The summed E-state index contributed by atoms with van der Waals surface area (Å²) in [5.74, 6) is 0. The van der Waals surface area contributed by atoms with Crippen molar-refractivity contribution < 1.29 is 4.39 Å². The zero-order chi connectivity index (χ0) is 9.07. The van der Waals surface area contributed by atoms with Gasteiger partial charge in [-0.25, -0.2) is 0 Å². The van der Waals surface area contributed by atoms with Gasteiger partial charge >= 0.3 is 0 Å². The van der Waals surface area contributed by atoms with Crippen LogP contribution < -0.4 is 5.73 Å². The fraction of sp³-hybridized carbons (Fsp3) is 1.00. The van der Waals surface area contributed by atoms with Crippen LogP contribution in [-0.2, 0) is 0 Å². The van der Waals surface area contributed by atoms with E-state index in [1.54, 1.807) is 0 Å². The molecule has 0 bridgehead atoms. The molecule has 74 valence electrons. The summed E-state index contributed by atoms with van der Waals surface area (Å²) < 4.78 is 11.7. The molecule has 0 heterocycles. The zero-order valence-electron chi connectivity index (χ0n) is 8.03. The average molecular weight is 175 g/mol. The second-order valence-electron chi connectivity index (χ2n) is 3.31. The molecule has 0 rings (SSSR count). The van der Waals surface area contributed by atoms with Crippen LogP contribution in [0.25, 0.3) is 0 Å². The highest BCUT2D eigenvalue weighted by Gasteiger charge is 1.90. The molecule has 1 nitrogen and oxygen atoms in total. The molecule has 0 spiro atoms. The molecular weight excluding hydrogens is 153 g/mol. The molecular formula is C10H22FN. The lowest BCUT2D eigenvalue weighted by Gasteiger charge is -1.99. The summed E-state index contributed by atoms with van der Waals surface area (Å²) in [7, 11) is 0. The Balaban J connectivity index is 2.73. The first kappa shape index (κ1) is 11.9. The van der Waals surface area contributed by atoms with Gasteiger partial charge in [-0.3, -0.25) is 4.39 Å². The van der Waals surface area contributed by atoms with Crippen molar-refractivity contribution >= 4 is 0 Å². The number of nitrogens with two attached hydrogens (primary N) is 1. The topological polar surface area (TPSA) is 26.0 Å². The fourth-order valence-electron chi connectivity index (χ4n) is 1.30. The summed E-state index contributed by atoms with van der Waals surface area (Å²) in [6.45, 7) is 0.676. The van der Waals surface area contributed by atoms with Crippen molar-refractivity contribution in [3.8, 4) is 0 Å². The van der Waals surface area contributed by atoms with Gasteiger partial charge in [0.1, 0.15) is 0 Å². The standard InChI is InChI=1S/C10H22FN/c11-9-7-5-3-1-2-4-6-8-10-12/h1-10,12H2. The minimum Gasteiger partial charge on any atom is -0.330 e. The van der Waals surface area contributed by atoms with Crippen LogP contribution in [0.3, 0.4) is 0 Å². The van der Waals surface area contributed by atoms with Crippen LogP contribution in [0.4, 0.5) is 4.39 Å². The van der Waals surface area contributed by atoms with Gasteiger partial charge in [-0.2, -0.15) is 0 Å². The SMILES string of the molecule is NCCCCCCCCCCF. The average Bonchev–Trinajstić information content (AvgIpc) is 2.10. The minimum absolute atomic E-state index is 0.146. The molecule has 0 radical (unpaired) electrons. The van der Waals surface area contributed by atoms with Gasteiger partial charge in [0.25, 0.3) is 0 Å². The highest BCUT2D eigenvalue weighted by atomic mass is 19.1. The van der Waals surface area contributed by atoms with Gasteiger partial charge in [-0.15, -0.1) is 0 Å². The second-order valence-corrected chi connectivity index (χ2v) is 3.31. The van der Waals surface area contributed by atoms with Crippen molar-refractivity contribution in [3.05, 3.63) is 0 Å². The number of hydrogen-bond acceptors (Lipinski definition) is 1. The van der Waals surface area contributed by atoms with Crippen LogP contribution in [0, 0.1) is 0 Å². The van der Waals surface area contributed by atoms with Crippen molar-refractivity contribution in [2.24, 2.45) is 5.73 Å². The molecule has 0 aromatic rings. The molecule has 0 saturated heterocycles. The van der Waals surface area contributed by atoms with E-state index in [1.165, 1.54) is 32.1 Å². The molecule has 0 aliphatic rings. The Labute approximate surface area is 75.5 Å². The molecule has 0 aromatic heterocycles. The molecule has 0 aliphatic heterocycles. The first-order valence-corrected chi connectivity index (χ1v) is 5.18. The first-order valence-electron chi connectivity index (χ1n) is 5.18. The molecule has 2 heteroatoms. The largest absolute Gasteiger partial charge is 0.330 e. The summed E-state index contributed by atoms with van der Waals surface area (Å²) in [6.07, 6.45) is 9.30. The van der Waals surface area contributed by atoms with E-state index in [2.05, 4.69) is 0 Å². The minimum atomic E-state index is -0.146. The van der Waals surface area contributed by atoms with Crippen molar-refractivity contribution in [3.63, 3.8) is 0 Å². The van der Waals surface area contributed by atoms with E-state index in [0.29, 0.717) is 0 Å². The Morgan fingerprint density at radius 3 is 1.50 bits per heavy atom. The normalized spacial score (nSPS) is 10.5. The van der Waals surface area contributed by atoms with Crippen molar-refractivity contribution in [2.75, 3.05) is 13.2 Å². The number of halogens is 1. The van der Waals surface area contributed by atoms with Crippen LogP contribution in [0.5, 0.6) is 0 Å². The smallest absolute Gasteiger partial charge is 0.0894 e. The summed E-state index contributed by atoms with van der Waals surface area (Å²) in [5, 5.41) is 0. The van der Waals surface area contributed by atoms with Gasteiger partial charge in [-0.05, 0) is 19.4 Å². The lowest BCUT2D eigenvalue weighted by atomic mass is 10.1. The van der Waals surface area contributed by atoms with E-state index in [-0.39, 0.29) is 6.67 Å². The quantitative estimate of drug-likeness (QED) is 0.535. The maximum atomic E-state index is 11.7. The lowest BCUT2D eigenvalue weighted by molar-refractivity contribution is 0.449. The van der Waals surface area contributed by atoms with E-state index < -0.39 is 0 Å². The molecule has 0 aromatic carbocycles. The van der Waals surface area contributed by atoms with Crippen LogP contribution >= 0.6 is 0 Å². The molecule has 12 heavy (non-hydrogen) atoms. The maximum absolute atomic E-state index is 11.7. The summed E-state index contributed by atoms with van der Waals surface area (Å²) in [6, 6.07) is 0. The Bertz CT molecular complexity index is 66.2. The number of rotatable bonds is 9. The predicted molar refractivity (Wildman–Crippen MR) is 52.0 cm³/mol. The van der Waals surface area contributed by atoms with Gasteiger partial charge in [0.2, 0.25) is 0 Å². The number of alkyl halides is 1. The van der Waals surface area contributed by atoms with Crippen LogP contribution in [0.1, 0.15) is 51.4 Å². The molecule has 0 fully saturated rings. The molecule has 2 N–H and O–H groups in total. The molecule has 0 saturated carbocycles. The van der Waals surface area contributed by atoms with Crippen molar-refractivity contribution in [1.82, 2.24) is 0 Å². The van der Waals surface area contributed by atoms with Gasteiger partial charge < -0.3 is 5.73 Å². The Kier molecular flexibility index (Phi) is 10.8. The molecule has 0 atom stereocenters.